The normalized spacial score (nSPS) is 16.1. The lowest BCUT2D eigenvalue weighted by atomic mass is 10.2. The van der Waals surface area contributed by atoms with Crippen molar-refractivity contribution in [2.45, 2.75) is 4.90 Å². The zero-order chi connectivity index (χ0) is 10.3. The highest BCUT2D eigenvalue weighted by atomic mass is 32.2. The van der Waals surface area contributed by atoms with Crippen LogP contribution in [-0.2, 0) is 9.84 Å². The molecule has 80 valence electrons. The minimum atomic E-state index is -3.60. The first-order chi connectivity index (χ1) is 6.52. The van der Waals surface area contributed by atoms with Crippen molar-refractivity contribution in [3.63, 3.8) is 0 Å². The zero-order valence-electron chi connectivity index (χ0n) is 7.38. The van der Waals surface area contributed by atoms with Crippen LogP contribution in [0.3, 0.4) is 0 Å². The molecule has 0 aliphatic carbocycles. The molecule has 1 aliphatic heterocycles. The van der Waals surface area contributed by atoms with Crippen LogP contribution in [0.15, 0.2) is 34.6 Å². The Balaban J connectivity index is 0.00000112. The molecule has 0 fully saturated rings. The van der Waals surface area contributed by atoms with E-state index >= 15 is 0 Å². The Hall–Kier alpha value is -1.73. The third kappa shape index (κ3) is 1.62. The summed E-state index contributed by atoms with van der Waals surface area (Å²) in [6, 6.07) is 5.89. The maximum absolute atomic E-state index is 11.4. The van der Waals surface area contributed by atoms with Crippen LogP contribution in [0, 0.1) is 10.1 Å². The van der Waals surface area contributed by atoms with Gasteiger partial charge in [0, 0.05) is 0 Å². The van der Waals surface area contributed by atoms with Crippen LogP contribution in [-0.4, -0.2) is 18.8 Å². The van der Waals surface area contributed by atoms with Crippen molar-refractivity contribution in [2.24, 2.45) is 0 Å². The Morgan fingerprint density at radius 3 is 2.40 bits per heavy atom. The lowest BCUT2D eigenvalue weighted by molar-refractivity contribution is -0.375. The van der Waals surface area contributed by atoms with Crippen molar-refractivity contribution in [1.82, 2.24) is 0 Å². The molecule has 1 heterocycles. The van der Waals surface area contributed by atoms with Gasteiger partial charge in [-0.25, -0.2) is 8.42 Å². The van der Waals surface area contributed by atoms with Gasteiger partial charge in [0.15, 0.2) is 0 Å². The van der Waals surface area contributed by atoms with Gasteiger partial charge in [-0.15, -0.1) is 0 Å². The first-order valence-corrected chi connectivity index (χ1v) is 5.27. The number of fused-ring (bicyclic) bond motifs is 1. The highest BCUT2D eigenvalue weighted by molar-refractivity contribution is 7.94. The Bertz CT molecular complexity index is 546. The molecule has 2 rings (SSSR count). The zero-order valence-corrected chi connectivity index (χ0v) is 8.19. The predicted octanol–water partition coefficient (Wildman–Crippen LogP) is 0.224. The van der Waals surface area contributed by atoms with Gasteiger partial charge in [-0.05, 0) is 12.1 Å². The molecular weight excluding hydrogens is 222 g/mol. The number of rotatable bonds is 1. The van der Waals surface area contributed by atoms with Crippen LogP contribution >= 0.6 is 0 Å². The monoisotopic (exact) mass is 229 g/mol. The highest BCUT2D eigenvalue weighted by Crippen LogP contribution is 2.32. The van der Waals surface area contributed by atoms with Gasteiger partial charge < -0.3 is 5.48 Å². The second-order valence-electron chi connectivity index (χ2n) is 2.80. The largest absolute Gasteiger partial charge is 0.412 e. The van der Waals surface area contributed by atoms with Gasteiger partial charge in [-0.3, -0.25) is 10.1 Å². The van der Waals surface area contributed by atoms with E-state index in [2.05, 4.69) is 0 Å². The van der Waals surface area contributed by atoms with Crippen LogP contribution in [0.4, 0.5) is 0 Å². The molecule has 0 saturated carbocycles. The molecule has 0 amide bonds. The van der Waals surface area contributed by atoms with Gasteiger partial charge >= 0.3 is 0 Å². The van der Waals surface area contributed by atoms with Crippen molar-refractivity contribution < 1.29 is 18.8 Å². The number of nitro groups is 1. The summed E-state index contributed by atoms with van der Waals surface area (Å²) in [5, 5.41) is 11.2. The fraction of sp³-hybridized carbons (Fsp3) is 0. The molecule has 0 bridgehead atoms. The summed E-state index contributed by atoms with van der Waals surface area (Å²) in [6.45, 7) is 0. The third-order valence-corrected chi connectivity index (χ3v) is 3.44. The van der Waals surface area contributed by atoms with E-state index in [9.17, 15) is 18.5 Å². The summed E-state index contributed by atoms with van der Waals surface area (Å²) < 4.78 is 22.8. The molecule has 1 aromatic rings. The molecule has 0 saturated heterocycles. The molecule has 2 N–H and O–H groups in total. The summed E-state index contributed by atoms with van der Waals surface area (Å²) in [7, 11) is -3.60. The smallest absolute Gasteiger partial charge is 0.289 e. The van der Waals surface area contributed by atoms with E-state index in [1.54, 1.807) is 6.07 Å². The van der Waals surface area contributed by atoms with Crippen LogP contribution in [0.2, 0.25) is 0 Å². The Kier molecular flexibility index (Phi) is 2.61. The topological polar surface area (TPSA) is 109 Å². The van der Waals surface area contributed by atoms with Crippen molar-refractivity contribution >= 4 is 15.5 Å². The molecule has 7 heteroatoms. The van der Waals surface area contributed by atoms with Gasteiger partial charge in [0.2, 0.25) is 9.84 Å². The average molecular weight is 229 g/mol. The van der Waals surface area contributed by atoms with Crippen LogP contribution in [0.25, 0.3) is 5.70 Å². The van der Waals surface area contributed by atoms with Gasteiger partial charge in [0.25, 0.3) is 5.70 Å². The minimum absolute atomic E-state index is 0. The minimum Gasteiger partial charge on any atom is -0.412 e. The Labute approximate surface area is 85.2 Å². The molecule has 0 radical (unpaired) electrons. The van der Waals surface area contributed by atoms with E-state index in [1.807, 2.05) is 0 Å². The number of hydrogen-bond acceptors (Lipinski definition) is 4. The number of nitrogens with zero attached hydrogens (tertiary/aromatic N) is 1. The third-order valence-electron chi connectivity index (χ3n) is 1.93. The summed E-state index contributed by atoms with van der Waals surface area (Å²) in [5.41, 5.74) is -0.196. The van der Waals surface area contributed by atoms with Crippen molar-refractivity contribution in [2.75, 3.05) is 0 Å². The molecule has 0 unspecified atom stereocenters. The molecule has 0 aromatic heterocycles. The fourth-order valence-electron chi connectivity index (χ4n) is 1.34. The van der Waals surface area contributed by atoms with E-state index in [1.165, 1.54) is 18.2 Å². The summed E-state index contributed by atoms with van der Waals surface area (Å²) in [5.74, 6) is 0. The number of benzene rings is 1. The molecular formula is C8H7NO5S. The highest BCUT2D eigenvalue weighted by Gasteiger charge is 2.33. The van der Waals surface area contributed by atoms with E-state index in [0.29, 0.717) is 5.41 Å². The first kappa shape index (κ1) is 11.3. The molecule has 1 aliphatic rings. The van der Waals surface area contributed by atoms with Crippen LogP contribution in [0.1, 0.15) is 5.56 Å². The quantitative estimate of drug-likeness (QED) is 0.506. The lowest BCUT2D eigenvalue weighted by Gasteiger charge is -1.95. The second kappa shape index (κ2) is 3.44. The van der Waals surface area contributed by atoms with E-state index < -0.39 is 14.8 Å². The molecule has 1 aromatic carbocycles. The lowest BCUT2D eigenvalue weighted by Crippen LogP contribution is -1.95. The molecule has 0 spiro atoms. The predicted molar refractivity (Wildman–Crippen MR) is 52.2 cm³/mol. The Morgan fingerprint density at radius 1 is 1.20 bits per heavy atom. The van der Waals surface area contributed by atoms with Crippen LogP contribution in [0.5, 0.6) is 0 Å². The number of sulfone groups is 1. The van der Waals surface area contributed by atoms with Gasteiger partial charge in [-0.1, -0.05) is 12.1 Å². The Morgan fingerprint density at radius 2 is 1.80 bits per heavy atom. The second-order valence-corrected chi connectivity index (χ2v) is 4.57. The average Bonchev–Trinajstić information content (AvgIpc) is 2.40. The maximum Gasteiger partial charge on any atom is 0.289 e. The molecule has 6 nitrogen and oxygen atoms in total. The summed E-state index contributed by atoms with van der Waals surface area (Å²) >= 11 is 0. The maximum atomic E-state index is 11.4. The first-order valence-electron chi connectivity index (χ1n) is 3.73. The summed E-state index contributed by atoms with van der Waals surface area (Å²) in [4.78, 5) is 9.84. The van der Waals surface area contributed by atoms with Crippen LogP contribution < -0.4 is 0 Å². The standard InChI is InChI=1S/C8H5NO4S.H2O/c10-9(11)7-5-14(12,13)8-4-2-1-3-6(7)8;/h1-5H;1H2. The van der Waals surface area contributed by atoms with E-state index in [-0.39, 0.29) is 21.6 Å². The van der Waals surface area contributed by atoms with Crippen molar-refractivity contribution in [3.05, 3.63) is 45.4 Å². The SMILES string of the molecule is O.O=[N+]([O-])C1=CS(=O)(=O)c2ccccc21. The van der Waals surface area contributed by atoms with E-state index in [0.717, 1.165) is 0 Å². The summed E-state index contributed by atoms with van der Waals surface area (Å²) in [6.07, 6.45) is 0. The van der Waals surface area contributed by atoms with E-state index in [4.69, 9.17) is 0 Å². The van der Waals surface area contributed by atoms with Gasteiger partial charge in [0.1, 0.15) is 5.41 Å². The van der Waals surface area contributed by atoms with Crippen molar-refractivity contribution in [3.8, 4) is 0 Å². The van der Waals surface area contributed by atoms with Crippen molar-refractivity contribution in [1.29, 1.82) is 0 Å². The van der Waals surface area contributed by atoms with Gasteiger partial charge in [-0.2, -0.15) is 0 Å². The number of hydrogen-bond donors (Lipinski definition) is 0. The molecule has 0 atom stereocenters. The fourth-order valence-corrected chi connectivity index (χ4v) is 2.72. The molecule has 15 heavy (non-hydrogen) atoms. The van der Waals surface area contributed by atoms with Gasteiger partial charge in [0.05, 0.1) is 15.4 Å².